The number of likely N-dealkylation sites (N-methyl/N-ethyl adjacent to an activating group) is 1. The van der Waals surface area contributed by atoms with Crippen molar-refractivity contribution in [2.75, 3.05) is 26.7 Å². The lowest BCUT2D eigenvalue weighted by Crippen LogP contribution is -2.39. The number of halogens is 3. The second-order valence-electron chi connectivity index (χ2n) is 5.91. The van der Waals surface area contributed by atoms with Crippen LogP contribution >= 0.6 is 12.4 Å². The zero-order valence-electron chi connectivity index (χ0n) is 13.5. The van der Waals surface area contributed by atoms with Crippen molar-refractivity contribution in [1.29, 1.82) is 0 Å². The Morgan fingerprint density at radius 1 is 1.38 bits per heavy atom. The molecule has 2 unspecified atom stereocenters. The van der Waals surface area contributed by atoms with Crippen LogP contribution in [0.4, 0.5) is 8.78 Å². The van der Waals surface area contributed by atoms with E-state index < -0.39 is 29.6 Å². The molecule has 0 radical (unpaired) electrons. The summed E-state index contributed by atoms with van der Waals surface area (Å²) in [6.45, 7) is 2.77. The molecule has 0 aromatic heterocycles. The van der Waals surface area contributed by atoms with Gasteiger partial charge in [-0.15, -0.1) is 12.4 Å². The summed E-state index contributed by atoms with van der Waals surface area (Å²) in [6, 6.07) is 3.16. The van der Waals surface area contributed by atoms with Crippen LogP contribution in [0.2, 0.25) is 0 Å². The second kappa shape index (κ2) is 8.39. The van der Waals surface area contributed by atoms with Gasteiger partial charge in [0.05, 0.1) is 18.5 Å². The smallest absolute Gasteiger partial charge is 0.307 e. The van der Waals surface area contributed by atoms with Gasteiger partial charge < -0.3 is 10.0 Å². The van der Waals surface area contributed by atoms with Gasteiger partial charge in [0.25, 0.3) is 0 Å². The minimum absolute atomic E-state index is 0. The first-order valence-electron chi connectivity index (χ1n) is 7.45. The number of likely N-dealkylation sites (tertiary alicyclic amines) is 1. The van der Waals surface area contributed by atoms with Crippen LogP contribution in [0.15, 0.2) is 18.2 Å². The summed E-state index contributed by atoms with van der Waals surface area (Å²) < 4.78 is 26.3. The first-order valence-corrected chi connectivity index (χ1v) is 7.45. The van der Waals surface area contributed by atoms with E-state index in [4.69, 9.17) is 5.11 Å². The quantitative estimate of drug-likeness (QED) is 0.873. The van der Waals surface area contributed by atoms with Crippen molar-refractivity contribution in [1.82, 2.24) is 9.80 Å². The van der Waals surface area contributed by atoms with E-state index in [1.54, 1.807) is 18.9 Å². The molecule has 1 aliphatic heterocycles. The van der Waals surface area contributed by atoms with Gasteiger partial charge in [-0.1, -0.05) is 6.07 Å². The fraction of sp³-hybridized carbons (Fsp3) is 0.500. The Bertz CT molecular complexity index is 615. The SMILES string of the molecule is CC(c1ccc(F)c(F)c1)N(C)C(=O)CN1CCC(C(=O)O)C1.Cl. The van der Waals surface area contributed by atoms with Gasteiger partial charge >= 0.3 is 5.97 Å². The van der Waals surface area contributed by atoms with E-state index in [9.17, 15) is 18.4 Å². The topological polar surface area (TPSA) is 60.9 Å². The predicted molar refractivity (Wildman–Crippen MR) is 87.0 cm³/mol. The highest BCUT2D eigenvalue weighted by molar-refractivity contribution is 5.85. The molecule has 5 nitrogen and oxygen atoms in total. The van der Waals surface area contributed by atoms with Crippen molar-refractivity contribution in [3.05, 3.63) is 35.4 Å². The zero-order valence-corrected chi connectivity index (χ0v) is 14.4. The zero-order chi connectivity index (χ0) is 17.1. The molecule has 1 amide bonds. The number of carbonyl (C=O) groups excluding carboxylic acids is 1. The molecular formula is C16H21ClF2N2O3. The lowest BCUT2D eigenvalue weighted by molar-refractivity contribution is -0.141. The summed E-state index contributed by atoms with van der Waals surface area (Å²) in [5.74, 6) is -3.33. The van der Waals surface area contributed by atoms with Crippen LogP contribution in [0, 0.1) is 17.6 Å². The maximum Gasteiger partial charge on any atom is 0.307 e. The third kappa shape index (κ3) is 4.64. The number of benzene rings is 1. The Labute approximate surface area is 145 Å². The highest BCUT2D eigenvalue weighted by atomic mass is 35.5. The van der Waals surface area contributed by atoms with Crippen LogP contribution in [0.25, 0.3) is 0 Å². The van der Waals surface area contributed by atoms with Crippen molar-refractivity contribution in [2.45, 2.75) is 19.4 Å². The summed E-state index contributed by atoms with van der Waals surface area (Å²) >= 11 is 0. The number of rotatable bonds is 5. The molecule has 24 heavy (non-hydrogen) atoms. The van der Waals surface area contributed by atoms with Crippen LogP contribution in [0.3, 0.4) is 0 Å². The summed E-state index contributed by atoms with van der Waals surface area (Å²) in [5, 5.41) is 8.97. The monoisotopic (exact) mass is 362 g/mol. The van der Waals surface area contributed by atoms with E-state index in [0.717, 1.165) is 12.1 Å². The maximum atomic E-state index is 13.3. The number of aliphatic carboxylic acids is 1. The average Bonchev–Trinajstić information content (AvgIpc) is 2.97. The van der Waals surface area contributed by atoms with E-state index in [-0.39, 0.29) is 24.9 Å². The van der Waals surface area contributed by atoms with Crippen molar-refractivity contribution in [3.63, 3.8) is 0 Å². The number of nitrogens with zero attached hydrogens (tertiary/aromatic N) is 2. The molecule has 0 aliphatic carbocycles. The third-order valence-corrected chi connectivity index (χ3v) is 4.38. The van der Waals surface area contributed by atoms with E-state index in [0.29, 0.717) is 25.1 Å². The van der Waals surface area contributed by atoms with Crippen LogP contribution in [-0.4, -0.2) is 53.5 Å². The molecule has 1 saturated heterocycles. The van der Waals surface area contributed by atoms with Gasteiger partial charge in [0.15, 0.2) is 11.6 Å². The Morgan fingerprint density at radius 3 is 2.58 bits per heavy atom. The van der Waals surface area contributed by atoms with Crippen molar-refractivity contribution in [3.8, 4) is 0 Å². The normalized spacial score (nSPS) is 18.8. The Kier molecular flexibility index (Phi) is 7.10. The Balaban J connectivity index is 0.00000288. The average molecular weight is 363 g/mol. The molecule has 1 aliphatic rings. The molecule has 1 heterocycles. The number of amides is 1. The van der Waals surface area contributed by atoms with E-state index in [1.807, 2.05) is 0 Å². The molecule has 1 N–H and O–H groups in total. The summed E-state index contributed by atoms with van der Waals surface area (Å²) in [6.07, 6.45) is 0.533. The molecule has 0 spiro atoms. The van der Waals surface area contributed by atoms with Gasteiger partial charge in [-0.2, -0.15) is 0 Å². The van der Waals surface area contributed by atoms with Crippen LogP contribution in [0.1, 0.15) is 24.9 Å². The summed E-state index contributed by atoms with van der Waals surface area (Å²) in [5.41, 5.74) is 0.504. The molecule has 1 fully saturated rings. The second-order valence-corrected chi connectivity index (χ2v) is 5.91. The van der Waals surface area contributed by atoms with Crippen molar-refractivity contribution >= 4 is 24.3 Å². The molecular weight excluding hydrogens is 342 g/mol. The van der Waals surface area contributed by atoms with Gasteiger partial charge in [-0.3, -0.25) is 14.5 Å². The Hall–Kier alpha value is -1.73. The van der Waals surface area contributed by atoms with Gasteiger partial charge in [-0.25, -0.2) is 8.78 Å². The molecule has 2 atom stereocenters. The van der Waals surface area contributed by atoms with Crippen LogP contribution in [-0.2, 0) is 9.59 Å². The number of carboxylic acids is 1. The maximum absolute atomic E-state index is 13.3. The molecule has 134 valence electrons. The lowest BCUT2D eigenvalue weighted by atomic mass is 10.1. The highest BCUT2D eigenvalue weighted by Crippen LogP contribution is 2.22. The highest BCUT2D eigenvalue weighted by Gasteiger charge is 2.30. The van der Waals surface area contributed by atoms with Crippen molar-refractivity contribution < 1.29 is 23.5 Å². The molecule has 2 rings (SSSR count). The number of carbonyl (C=O) groups is 2. The fourth-order valence-corrected chi connectivity index (χ4v) is 2.69. The molecule has 1 aromatic carbocycles. The number of hydrogen-bond acceptors (Lipinski definition) is 3. The Morgan fingerprint density at radius 2 is 2.04 bits per heavy atom. The molecule has 0 saturated carbocycles. The van der Waals surface area contributed by atoms with Gasteiger partial charge in [0.2, 0.25) is 5.91 Å². The van der Waals surface area contributed by atoms with E-state index >= 15 is 0 Å². The fourth-order valence-electron chi connectivity index (χ4n) is 2.69. The van der Waals surface area contributed by atoms with E-state index in [2.05, 4.69) is 0 Å². The first kappa shape index (κ1) is 20.3. The third-order valence-electron chi connectivity index (χ3n) is 4.38. The molecule has 8 heteroatoms. The standard InChI is InChI=1S/C16H20F2N2O3.ClH/c1-10(11-3-4-13(17)14(18)7-11)19(2)15(21)9-20-6-5-12(8-20)16(22)23;/h3-4,7,10,12H,5-6,8-9H2,1-2H3,(H,22,23);1H. The summed E-state index contributed by atoms with van der Waals surface area (Å²) in [7, 11) is 1.60. The first-order chi connectivity index (χ1) is 10.8. The van der Waals surface area contributed by atoms with E-state index in [1.165, 1.54) is 11.0 Å². The van der Waals surface area contributed by atoms with Crippen molar-refractivity contribution in [2.24, 2.45) is 5.92 Å². The van der Waals surface area contributed by atoms with Crippen LogP contribution < -0.4 is 0 Å². The van der Waals surface area contributed by atoms with Gasteiger partial charge in [-0.05, 0) is 37.6 Å². The minimum atomic E-state index is -0.945. The summed E-state index contributed by atoms with van der Waals surface area (Å²) in [4.78, 5) is 26.5. The predicted octanol–water partition coefficient (Wildman–Crippen LogP) is 2.31. The number of hydrogen-bond donors (Lipinski definition) is 1. The number of carboxylic acid groups (broad SMARTS) is 1. The molecule has 1 aromatic rings. The lowest BCUT2D eigenvalue weighted by Gasteiger charge is -2.27. The largest absolute Gasteiger partial charge is 0.481 e. The van der Waals surface area contributed by atoms with Gasteiger partial charge in [0, 0.05) is 13.6 Å². The minimum Gasteiger partial charge on any atom is -0.481 e. The van der Waals surface area contributed by atoms with Crippen LogP contribution in [0.5, 0.6) is 0 Å². The van der Waals surface area contributed by atoms with Gasteiger partial charge in [0.1, 0.15) is 0 Å². The molecule has 0 bridgehead atoms.